The van der Waals surface area contributed by atoms with Crippen LogP contribution in [-0.2, 0) is 4.79 Å². The normalized spacial score (nSPS) is 17.3. The van der Waals surface area contributed by atoms with E-state index < -0.39 is 17.9 Å². The van der Waals surface area contributed by atoms with Gasteiger partial charge in [-0.15, -0.1) is 0 Å². The second-order valence-corrected chi connectivity index (χ2v) is 4.88. The van der Waals surface area contributed by atoms with Crippen LogP contribution in [0.1, 0.15) is 28.0 Å². The lowest BCUT2D eigenvalue weighted by atomic mass is 10.0. The number of para-hydroxylation sites is 1. The fourth-order valence-corrected chi connectivity index (χ4v) is 2.48. The van der Waals surface area contributed by atoms with E-state index in [1.807, 2.05) is 0 Å². The second-order valence-electron chi connectivity index (χ2n) is 4.88. The highest BCUT2D eigenvalue weighted by Gasteiger charge is 2.36. The van der Waals surface area contributed by atoms with E-state index in [2.05, 4.69) is 4.98 Å². The minimum absolute atomic E-state index is 0.0862. The summed E-state index contributed by atoms with van der Waals surface area (Å²) in [6, 6.07) is 5.69. The zero-order valence-corrected chi connectivity index (χ0v) is 11.9. The Morgan fingerprint density at radius 2 is 2.14 bits per heavy atom. The molecule has 2 aromatic rings. The maximum Gasteiger partial charge on any atom is 0.331 e. The summed E-state index contributed by atoms with van der Waals surface area (Å²) in [4.78, 5) is 29.5. The first kappa shape index (κ1) is 14.1. The molecule has 1 atom stereocenters. The first-order valence-corrected chi connectivity index (χ1v) is 6.75. The SMILES string of the molecule is Cc1nc(C(=O)N2CCOc3ccccc3C2C(=O)O)co1. The summed E-state index contributed by atoms with van der Waals surface area (Å²) < 4.78 is 10.6. The fourth-order valence-electron chi connectivity index (χ4n) is 2.48. The summed E-state index contributed by atoms with van der Waals surface area (Å²) >= 11 is 0. The van der Waals surface area contributed by atoms with Gasteiger partial charge in [0, 0.05) is 12.5 Å². The number of amides is 1. The molecule has 2 heterocycles. The van der Waals surface area contributed by atoms with Crippen molar-refractivity contribution >= 4 is 11.9 Å². The van der Waals surface area contributed by atoms with Gasteiger partial charge in [-0.05, 0) is 6.07 Å². The van der Waals surface area contributed by atoms with E-state index >= 15 is 0 Å². The number of carbonyl (C=O) groups is 2. The van der Waals surface area contributed by atoms with Crippen LogP contribution in [0.5, 0.6) is 5.75 Å². The van der Waals surface area contributed by atoms with Crippen molar-refractivity contribution in [3.05, 3.63) is 47.7 Å². The molecule has 1 unspecified atom stereocenters. The van der Waals surface area contributed by atoms with Gasteiger partial charge in [-0.3, -0.25) is 4.79 Å². The Morgan fingerprint density at radius 3 is 2.82 bits per heavy atom. The van der Waals surface area contributed by atoms with Crippen molar-refractivity contribution in [3.8, 4) is 5.75 Å². The van der Waals surface area contributed by atoms with E-state index in [1.54, 1.807) is 31.2 Å². The van der Waals surface area contributed by atoms with E-state index in [4.69, 9.17) is 9.15 Å². The first-order chi connectivity index (χ1) is 10.6. The molecule has 0 aliphatic carbocycles. The molecule has 7 heteroatoms. The molecule has 0 fully saturated rings. The molecule has 0 radical (unpaired) electrons. The van der Waals surface area contributed by atoms with Crippen LogP contribution in [0.15, 0.2) is 34.9 Å². The van der Waals surface area contributed by atoms with Crippen LogP contribution in [0.3, 0.4) is 0 Å². The van der Waals surface area contributed by atoms with Crippen molar-refractivity contribution in [3.63, 3.8) is 0 Å². The third-order valence-corrected chi connectivity index (χ3v) is 3.45. The quantitative estimate of drug-likeness (QED) is 0.906. The van der Waals surface area contributed by atoms with Gasteiger partial charge in [-0.2, -0.15) is 0 Å². The highest BCUT2D eigenvalue weighted by atomic mass is 16.5. The number of rotatable bonds is 2. The average Bonchev–Trinajstić information content (AvgIpc) is 2.83. The van der Waals surface area contributed by atoms with Gasteiger partial charge in [0.1, 0.15) is 18.6 Å². The van der Waals surface area contributed by atoms with Gasteiger partial charge in [-0.1, -0.05) is 18.2 Å². The van der Waals surface area contributed by atoms with Crippen molar-refractivity contribution in [2.75, 3.05) is 13.2 Å². The Balaban J connectivity index is 2.03. The van der Waals surface area contributed by atoms with Gasteiger partial charge in [-0.25, -0.2) is 9.78 Å². The number of benzene rings is 1. The molecule has 114 valence electrons. The van der Waals surface area contributed by atoms with Crippen LogP contribution in [0, 0.1) is 6.92 Å². The standard InChI is InChI=1S/C15H14N2O5/c1-9-16-11(8-22-9)14(18)17-6-7-21-12-5-3-2-4-10(12)13(17)15(19)20/h2-5,8,13H,6-7H2,1H3,(H,19,20). The summed E-state index contributed by atoms with van der Waals surface area (Å²) in [5.41, 5.74) is 0.532. The van der Waals surface area contributed by atoms with Crippen LogP contribution in [-0.4, -0.2) is 40.0 Å². The Morgan fingerprint density at radius 1 is 1.36 bits per heavy atom. The van der Waals surface area contributed by atoms with Gasteiger partial charge in [0.2, 0.25) is 0 Å². The van der Waals surface area contributed by atoms with Crippen molar-refractivity contribution < 1.29 is 23.8 Å². The van der Waals surface area contributed by atoms with Crippen LogP contribution in [0.25, 0.3) is 0 Å². The summed E-state index contributed by atoms with van der Waals surface area (Å²) in [7, 11) is 0. The van der Waals surface area contributed by atoms with Crippen LogP contribution < -0.4 is 4.74 Å². The van der Waals surface area contributed by atoms with E-state index in [0.29, 0.717) is 17.2 Å². The summed E-state index contributed by atoms with van der Waals surface area (Å²) in [6.45, 7) is 1.98. The molecule has 0 saturated heterocycles. The lowest BCUT2D eigenvalue weighted by Crippen LogP contribution is -2.40. The number of hydrogen-bond acceptors (Lipinski definition) is 5. The van der Waals surface area contributed by atoms with Crippen LogP contribution in [0.2, 0.25) is 0 Å². The number of carboxylic acids is 1. The average molecular weight is 302 g/mol. The molecule has 1 N–H and O–H groups in total. The molecule has 1 aliphatic rings. The van der Waals surface area contributed by atoms with Gasteiger partial charge < -0.3 is 19.2 Å². The monoisotopic (exact) mass is 302 g/mol. The predicted molar refractivity (Wildman–Crippen MR) is 74.6 cm³/mol. The second kappa shape index (κ2) is 5.51. The predicted octanol–water partition coefficient (Wildman–Crippen LogP) is 1.64. The Labute approximate surface area is 126 Å². The van der Waals surface area contributed by atoms with Gasteiger partial charge in [0.25, 0.3) is 5.91 Å². The molecule has 3 rings (SSSR count). The number of nitrogens with zero attached hydrogens (tertiary/aromatic N) is 2. The summed E-state index contributed by atoms with van der Waals surface area (Å²) in [5, 5.41) is 9.59. The topological polar surface area (TPSA) is 92.9 Å². The number of hydrogen-bond donors (Lipinski definition) is 1. The molecule has 22 heavy (non-hydrogen) atoms. The molecule has 1 aromatic heterocycles. The number of carbonyl (C=O) groups excluding carboxylic acids is 1. The third kappa shape index (κ3) is 2.41. The molecule has 7 nitrogen and oxygen atoms in total. The molecular formula is C15H14N2O5. The molecule has 1 amide bonds. The van der Waals surface area contributed by atoms with E-state index in [9.17, 15) is 14.7 Å². The number of fused-ring (bicyclic) bond motifs is 1. The first-order valence-electron chi connectivity index (χ1n) is 6.75. The minimum atomic E-state index is -1.12. The molecule has 1 aromatic carbocycles. The Bertz CT molecular complexity index is 724. The number of ether oxygens (including phenoxy) is 1. The number of aromatic nitrogens is 1. The summed E-state index contributed by atoms with van der Waals surface area (Å²) in [6.07, 6.45) is 1.23. The van der Waals surface area contributed by atoms with Crippen molar-refractivity contribution in [1.82, 2.24) is 9.88 Å². The number of aryl methyl sites for hydroxylation is 1. The third-order valence-electron chi connectivity index (χ3n) is 3.45. The van der Waals surface area contributed by atoms with E-state index in [-0.39, 0.29) is 18.8 Å². The van der Waals surface area contributed by atoms with Gasteiger partial charge >= 0.3 is 5.97 Å². The molecule has 0 spiro atoms. The Hall–Kier alpha value is -2.83. The maximum absolute atomic E-state index is 12.6. The largest absolute Gasteiger partial charge is 0.491 e. The molecule has 0 saturated carbocycles. The number of carboxylic acid groups (broad SMARTS) is 1. The lowest BCUT2D eigenvalue weighted by Gasteiger charge is -2.25. The maximum atomic E-state index is 12.6. The smallest absolute Gasteiger partial charge is 0.331 e. The zero-order chi connectivity index (χ0) is 15.7. The number of oxazole rings is 1. The van der Waals surface area contributed by atoms with Crippen molar-refractivity contribution in [2.45, 2.75) is 13.0 Å². The lowest BCUT2D eigenvalue weighted by molar-refractivity contribution is -0.142. The summed E-state index contributed by atoms with van der Waals surface area (Å²) in [5.74, 6) is -0.792. The van der Waals surface area contributed by atoms with E-state index in [0.717, 1.165) is 0 Å². The Kier molecular flexibility index (Phi) is 3.54. The van der Waals surface area contributed by atoms with E-state index in [1.165, 1.54) is 11.2 Å². The van der Waals surface area contributed by atoms with Crippen molar-refractivity contribution in [1.29, 1.82) is 0 Å². The number of aliphatic carboxylic acids is 1. The molecule has 0 bridgehead atoms. The molecule has 1 aliphatic heterocycles. The van der Waals surface area contributed by atoms with Crippen LogP contribution >= 0.6 is 0 Å². The van der Waals surface area contributed by atoms with Crippen LogP contribution in [0.4, 0.5) is 0 Å². The van der Waals surface area contributed by atoms with Crippen molar-refractivity contribution in [2.24, 2.45) is 0 Å². The van der Waals surface area contributed by atoms with Gasteiger partial charge in [0.05, 0.1) is 6.54 Å². The zero-order valence-electron chi connectivity index (χ0n) is 11.9. The van der Waals surface area contributed by atoms with Gasteiger partial charge in [0.15, 0.2) is 17.6 Å². The fraction of sp³-hybridized carbons (Fsp3) is 0.267. The highest BCUT2D eigenvalue weighted by molar-refractivity contribution is 5.95. The molecular weight excluding hydrogens is 288 g/mol. The highest BCUT2D eigenvalue weighted by Crippen LogP contribution is 2.32. The minimum Gasteiger partial charge on any atom is -0.491 e.